The molecule has 0 aliphatic rings. The van der Waals surface area contributed by atoms with E-state index in [0.29, 0.717) is 28.2 Å². The number of anilines is 1. The Balaban J connectivity index is 1.64. The lowest BCUT2D eigenvalue weighted by molar-refractivity contribution is 0.102. The Hall–Kier alpha value is -2.37. The van der Waals surface area contributed by atoms with Crippen molar-refractivity contribution in [3.05, 3.63) is 64.5 Å². The smallest absolute Gasteiger partial charge is 0.257 e. The summed E-state index contributed by atoms with van der Waals surface area (Å²) >= 11 is 7.29. The van der Waals surface area contributed by atoms with Gasteiger partial charge in [0.1, 0.15) is 5.75 Å². The number of hydrogen-bond donors (Lipinski definition) is 1. The summed E-state index contributed by atoms with van der Waals surface area (Å²) in [5, 5.41) is 5.97. The van der Waals surface area contributed by atoms with Gasteiger partial charge in [-0.15, -0.1) is 11.3 Å². The van der Waals surface area contributed by atoms with E-state index in [2.05, 4.69) is 24.1 Å². The lowest BCUT2D eigenvalue weighted by Gasteiger charge is -2.09. The van der Waals surface area contributed by atoms with Gasteiger partial charge in [0.05, 0.1) is 12.3 Å². The van der Waals surface area contributed by atoms with Gasteiger partial charge in [0.25, 0.3) is 5.91 Å². The summed E-state index contributed by atoms with van der Waals surface area (Å²) in [5.41, 5.74) is 2.32. The van der Waals surface area contributed by atoms with Crippen molar-refractivity contribution < 1.29 is 9.53 Å². The average Bonchev–Trinajstić information content (AvgIpc) is 3.09. The molecule has 3 rings (SSSR count). The molecular weight excluding hydrogens is 368 g/mol. The molecule has 0 unspecified atom stereocenters. The molecule has 0 radical (unpaired) electrons. The van der Waals surface area contributed by atoms with Crippen molar-refractivity contribution >= 4 is 34.0 Å². The highest BCUT2D eigenvalue weighted by Gasteiger charge is 2.10. The lowest BCUT2D eigenvalue weighted by Crippen LogP contribution is -2.11. The van der Waals surface area contributed by atoms with E-state index in [4.69, 9.17) is 16.3 Å². The van der Waals surface area contributed by atoms with Gasteiger partial charge in [-0.1, -0.05) is 37.6 Å². The molecule has 0 atom stereocenters. The first kappa shape index (κ1) is 18.4. The van der Waals surface area contributed by atoms with E-state index < -0.39 is 0 Å². The highest BCUT2D eigenvalue weighted by atomic mass is 35.5. The summed E-state index contributed by atoms with van der Waals surface area (Å²) < 4.78 is 5.63. The molecule has 26 heavy (non-hydrogen) atoms. The predicted octanol–water partition coefficient (Wildman–Crippen LogP) is 5.75. The highest BCUT2D eigenvalue weighted by Crippen LogP contribution is 2.26. The van der Waals surface area contributed by atoms with Gasteiger partial charge < -0.3 is 4.74 Å². The van der Waals surface area contributed by atoms with E-state index in [1.54, 1.807) is 24.3 Å². The first-order valence-corrected chi connectivity index (χ1v) is 9.52. The van der Waals surface area contributed by atoms with E-state index in [-0.39, 0.29) is 5.91 Å². The van der Waals surface area contributed by atoms with E-state index in [9.17, 15) is 4.79 Å². The third kappa shape index (κ3) is 4.84. The lowest BCUT2D eigenvalue weighted by atomic mass is 10.2. The van der Waals surface area contributed by atoms with Gasteiger partial charge in [-0.05, 0) is 42.3 Å². The molecule has 4 nitrogen and oxygen atoms in total. The van der Waals surface area contributed by atoms with Gasteiger partial charge in [0.2, 0.25) is 0 Å². The largest absolute Gasteiger partial charge is 0.493 e. The molecule has 1 N–H and O–H groups in total. The average molecular weight is 387 g/mol. The minimum Gasteiger partial charge on any atom is -0.493 e. The number of benzene rings is 2. The number of nitrogens with one attached hydrogen (secondary N) is 1. The van der Waals surface area contributed by atoms with Crippen LogP contribution in [0.5, 0.6) is 5.75 Å². The van der Waals surface area contributed by atoms with Crippen molar-refractivity contribution in [1.82, 2.24) is 4.98 Å². The van der Waals surface area contributed by atoms with Crippen molar-refractivity contribution in [1.29, 1.82) is 0 Å². The van der Waals surface area contributed by atoms with Gasteiger partial charge in [-0.25, -0.2) is 4.98 Å². The normalized spacial score (nSPS) is 10.8. The number of hydrogen-bond acceptors (Lipinski definition) is 4. The Bertz CT molecular complexity index is 874. The maximum atomic E-state index is 12.4. The quantitative estimate of drug-likeness (QED) is 0.586. The number of amides is 1. The van der Waals surface area contributed by atoms with E-state index in [1.165, 1.54) is 11.3 Å². The zero-order chi connectivity index (χ0) is 18.5. The Morgan fingerprint density at radius 3 is 2.50 bits per heavy atom. The van der Waals surface area contributed by atoms with Crippen molar-refractivity contribution in [2.24, 2.45) is 5.92 Å². The number of nitrogens with zero attached hydrogens (tertiary/aromatic N) is 1. The van der Waals surface area contributed by atoms with E-state index >= 15 is 0 Å². The Kier molecular flexibility index (Phi) is 5.91. The van der Waals surface area contributed by atoms with Crippen LogP contribution in [-0.2, 0) is 0 Å². The summed E-state index contributed by atoms with van der Waals surface area (Å²) in [7, 11) is 0. The van der Waals surface area contributed by atoms with Gasteiger partial charge in [-0.3, -0.25) is 10.1 Å². The molecular formula is C20H19ClN2O2S. The maximum absolute atomic E-state index is 12.4. The van der Waals surface area contributed by atoms with Crippen LogP contribution in [0.4, 0.5) is 5.13 Å². The summed E-state index contributed by atoms with van der Waals surface area (Å²) in [6.45, 7) is 4.83. The topological polar surface area (TPSA) is 51.2 Å². The molecule has 2 aromatic carbocycles. The Morgan fingerprint density at radius 1 is 1.15 bits per heavy atom. The van der Waals surface area contributed by atoms with Crippen LogP contribution in [0.3, 0.4) is 0 Å². The van der Waals surface area contributed by atoms with Crippen molar-refractivity contribution in [3.8, 4) is 17.0 Å². The third-order valence-electron chi connectivity index (χ3n) is 3.56. The van der Waals surface area contributed by atoms with Gasteiger partial charge in [-0.2, -0.15) is 0 Å². The molecule has 0 aliphatic carbocycles. The van der Waals surface area contributed by atoms with Crippen LogP contribution in [-0.4, -0.2) is 17.5 Å². The molecule has 1 amide bonds. The molecule has 0 bridgehead atoms. The molecule has 1 aromatic heterocycles. The second-order valence-corrected chi connectivity index (χ2v) is 7.52. The van der Waals surface area contributed by atoms with Gasteiger partial charge >= 0.3 is 0 Å². The van der Waals surface area contributed by atoms with Gasteiger partial charge in [0, 0.05) is 21.5 Å². The summed E-state index contributed by atoms with van der Waals surface area (Å²) in [6.07, 6.45) is 0. The summed E-state index contributed by atoms with van der Waals surface area (Å²) in [4.78, 5) is 16.8. The van der Waals surface area contributed by atoms with Crippen LogP contribution < -0.4 is 10.1 Å². The van der Waals surface area contributed by atoms with Crippen molar-refractivity contribution in [3.63, 3.8) is 0 Å². The van der Waals surface area contributed by atoms with Crippen molar-refractivity contribution in [2.45, 2.75) is 13.8 Å². The number of carbonyl (C=O) groups is 1. The minimum absolute atomic E-state index is 0.197. The number of halogens is 1. The standard InChI is InChI=1S/C20H19ClN2O2S/c1-13(2)11-25-17-9-5-15(6-10-17)19(24)23-20-22-18(12-26-20)14-3-7-16(21)8-4-14/h3-10,12-13H,11H2,1-2H3,(H,22,23,24). The van der Waals surface area contributed by atoms with Crippen LogP contribution in [0.15, 0.2) is 53.9 Å². The SMILES string of the molecule is CC(C)COc1ccc(C(=O)Nc2nc(-c3ccc(Cl)cc3)cs2)cc1. The first-order chi connectivity index (χ1) is 12.5. The molecule has 134 valence electrons. The number of aromatic nitrogens is 1. The Morgan fingerprint density at radius 2 is 1.85 bits per heavy atom. The molecule has 6 heteroatoms. The second-order valence-electron chi connectivity index (χ2n) is 6.23. The monoisotopic (exact) mass is 386 g/mol. The van der Waals surface area contributed by atoms with E-state index in [1.807, 2.05) is 29.6 Å². The molecule has 0 aliphatic heterocycles. The Labute approximate surface area is 161 Å². The molecule has 0 saturated heterocycles. The molecule has 0 saturated carbocycles. The van der Waals surface area contributed by atoms with Crippen LogP contribution in [0.2, 0.25) is 5.02 Å². The molecule has 0 spiro atoms. The van der Waals surface area contributed by atoms with Crippen molar-refractivity contribution in [2.75, 3.05) is 11.9 Å². The fraction of sp³-hybridized carbons (Fsp3) is 0.200. The fourth-order valence-electron chi connectivity index (χ4n) is 2.22. The summed E-state index contributed by atoms with van der Waals surface area (Å²) in [5.74, 6) is 1.02. The van der Waals surface area contributed by atoms with Crippen LogP contribution in [0.25, 0.3) is 11.3 Å². The number of thiazole rings is 1. The predicted molar refractivity (Wildman–Crippen MR) is 107 cm³/mol. The second kappa shape index (κ2) is 8.34. The maximum Gasteiger partial charge on any atom is 0.257 e. The minimum atomic E-state index is -0.197. The molecule has 0 fully saturated rings. The first-order valence-electron chi connectivity index (χ1n) is 8.27. The summed E-state index contributed by atoms with van der Waals surface area (Å²) in [6, 6.07) is 14.5. The molecule has 3 aromatic rings. The third-order valence-corrected chi connectivity index (χ3v) is 4.57. The zero-order valence-electron chi connectivity index (χ0n) is 14.5. The van der Waals surface area contributed by atoms with Crippen LogP contribution in [0.1, 0.15) is 24.2 Å². The molecule has 1 heterocycles. The number of carbonyl (C=O) groups excluding carboxylic acids is 1. The fourth-order valence-corrected chi connectivity index (χ4v) is 3.06. The highest BCUT2D eigenvalue weighted by molar-refractivity contribution is 7.14. The number of ether oxygens (including phenoxy) is 1. The van der Waals surface area contributed by atoms with Crippen LogP contribution >= 0.6 is 22.9 Å². The zero-order valence-corrected chi connectivity index (χ0v) is 16.1. The number of rotatable bonds is 6. The van der Waals surface area contributed by atoms with E-state index in [0.717, 1.165) is 17.0 Å². The van der Waals surface area contributed by atoms with Crippen LogP contribution in [0, 0.1) is 5.92 Å². The van der Waals surface area contributed by atoms with Gasteiger partial charge in [0.15, 0.2) is 5.13 Å².